The molecule has 6 heteroatoms. The van der Waals surface area contributed by atoms with Crippen LogP contribution in [-0.2, 0) is 19.7 Å². The molecule has 0 bridgehead atoms. The monoisotopic (exact) mass is 376 g/mol. The van der Waals surface area contributed by atoms with Crippen molar-refractivity contribution < 1.29 is 22.6 Å². The van der Waals surface area contributed by atoms with Crippen LogP contribution in [0.1, 0.15) is 92.4 Å². The van der Waals surface area contributed by atoms with Gasteiger partial charge in [0.2, 0.25) is 0 Å². The van der Waals surface area contributed by atoms with Gasteiger partial charge in [-0.3, -0.25) is 14.1 Å². The normalized spacial score (nSPS) is 13.0. The molecule has 0 radical (unpaired) electrons. The molecule has 0 rings (SSSR count). The summed E-state index contributed by atoms with van der Waals surface area (Å²) in [5.74, 6) is 0.0496. The van der Waals surface area contributed by atoms with Crippen LogP contribution in [0, 0.1) is 10.8 Å². The molecule has 0 aliphatic heterocycles. The number of Topliss-reactive ketones (excluding diaryl/α,β-unsaturated/α-hetero) is 2. The fourth-order valence-electron chi connectivity index (χ4n) is 2.88. The molecule has 0 atom stereocenters. The van der Waals surface area contributed by atoms with E-state index < -0.39 is 15.5 Å². The van der Waals surface area contributed by atoms with Gasteiger partial charge in [-0.25, -0.2) is 0 Å². The summed E-state index contributed by atoms with van der Waals surface area (Å²) >= 11 is 0. The van der Waals surface area contributed by atoms with Crippen LogP contribution in [0.2, 0.25) is 0 Å². The Hall–Kier alpha value is -0.750. The van der Waals surface area contributed by atoms with Gasteiger partial charge in [0.25, 0.3) is 10.1 Å². The highest BCUT2D eigenvalue weighted by atomic mass is 32.2. The first-order chi connectivity index (χ1) is 11.2. The molecule has 0 unspecified atom stereocenters. The second-order valence-electron chi connectivity index (χ2n) is 9.09. The zero-order valence-electron chi connectivity index (χ0n) is 16.6. The lowest BCUT2D eigenvalue weighted by Crippen LogP contribution is -2.23. The molecule has 5 nitrogen and oxygen atoms in total. The van der Waals surface area contributed by atoms with Crippen molar-refractivity contribution >= 4 is 21.7 Å². The minimum atomic E-state index is -4.00. The van der Waals surface area contributed by atoms with Gasteiger partial charge < -0.3 is 0 Å². The SMILES string of the molecule is CC(C)(C)CCCC(=O)CCCC(=O)CCCC(C)(C)CS(=O)(=O)O. The lowest BCUT2D eigenvalue weighted by molar-refractivity contribution is -0.120. The minimum absolute atomic E-state index is 0.116. The zero-order valence-corrected chi connectivity index (χ0v) is 17.4. The predicted molar refractivity (Wildman–Crippen MR) is 101 cm³/mol. The van der Waals surface area contributed by atoms with Crippen LogP contribution >= 0.6 is 0 Å². The Morgan fingerprint density at radius 1 is 0.760 bits per heavy atom. The van der Waals surface area contributed by atoms with E-state index in [9.17, 15) is 18.0 Å². The Morgan fingerprint density at radius 3 is 1.56 bits per heavy atom. The fourth-order valence-corrected chi connectivity index (χ4v) is 4.01. The molecule has 0 aromatic carbocycles. The average Bonchev–Trinajstić information content (AvgIpc) is 2.33. The Bertz CT molecular complexity index is 527. The van der Waals surface area contributed by atoms with Crippen molar-refractivity contribution in [2.75, 3.05) is 5.75 Å². The summed E-state index contributed by atoms with van der Waals surface area (Å²) in [4.78, 5) is 23.7. The summed E-state index contributed by atoms with van der Waals surface area (Å²) in [5, 5.41) is 0. The Labute approximate surface area is 153 Å². The molecule has 0 saturated carbocycles. The Balaban J connectivity index is 3.86. The zero-order chi connectivity index (χ0) is 19.7. The van der Waals surface area contributed by atoms with Crippen molar-refractivity contribution in [2.45, 2.75) is 92.4 Å². The smallest absolute Gasteiger partial charge is 0.265 e. The number of carbonyl (C=O) groups excluding carboxylic acids is 2. The first kappa shape index (κ1) is 24.2. The van der Waals surface area contributed by atoms with Crippen molar-refractivity contribution in [3.63, 3.8) is 0 Å². The predicted octanol–water partition coefficient (Wildman–Crippen LogP) is 4.60. The molecule has 0 heterocycles. The summed E-state index contributed by atoms with van der Waals surface area (Å²) in [6.45, 7) is 10.0. The van der Waals surface area contributed by atoms with Crippen LogP contribution in [0.4, 0.5) is 0 Å². The van der Waals surface area contributed by atoms with Gasteiger partial charge in [0.15, 0.2) is 0 Å². The highest BCUT2D eigenvalue weighted by molar-refractivity contribution is 7.85. The van der Waals surface area contributed by atoms with E-state index in [1.54, 1.807) is 13.8 Å². The molecule has 0 aliphatic carbocycles. The molecule has 0 amide bonds. The van der Waals surface area contributed by atoms with E-state index >= 15 is 0 Å². The summed E-state index contributed by atoms with van der Waals surface area (Å²) in [6, 6.07) is 0. The van der Waals surface area contributed by atoms with Gasteiger partial charge >= 0.3 is 0 Å². The molecular weight excluding hydrogens is 340 g/mol. The van der Waals surface area contributed by atoms with E-state index in [4.69, 9.17) is 4.55 Å². The summed E-state index contributed by atoms with van der Waals surface area (Å²) in [6.07, 6.45) is 5.54. The van der Waals surface area contributed by atoms with Crippen LogP contribution in [-0.4, -0.2) is 30.3 Å². The van der Waals surface area contributed by atoms with Crippen LogP contribution in [0.15, 0.2) is 0 Å². The number of hydrogen-bond acceptors (Lipinski definition) is 4. The first-order valence-corrected chi connectivity index (χ1v) is 10.8. The van der Waals surface area contributed by atoms with Crippen molar-refractivity contribution in [1.82, 2.24) is 0 Å². The van der Waals surface area contributed by atoms with Gasteiger partial charge in [-0.2, -0.15) is 8.42 Å². The van der Waals surface area contributed by atoms with Crippen molar-refractivity contribution in [2.24, 2.45) is 10.8 Å². The van der Waals surface area contributed by atoms with Crippen molar-refractivity contribution in [3.8, 4) is 0 Å². The molecule has 148 valence electrons. The van der Waals surface area contributed by atoms with Gasteiger partial charge in [-0.05, 0) is 42.9 Å². The molecule has 1 N–H and O–H groups in total. The van der Waals surface area contributed by atoms with E-state index in [0.717, 1.165) is 12.8 Å². The standard InChI is InChI=1S/C19H36O5S/c1-18(2,3)13-7-11-16(20)9-6-10-17(21)12-8-14-19(4,5)15-25(22,23)24/h6-15H2,1-5H3,(H,22,23,24). The Morgan fingerprint density at radius 2 is 1.16 bits per heavy atom. The highest BCUT2D eigenvalue weighted by Crippen LogP contribution is 2.25. The van der Waals surface area contributed by atoms with Gasteiger partial charge in [0.1, 0.15) is 11.6 Å². The molecule has 25 heavy (non-hydrogen) atoms. The largest absolute Gasteiger partial charge is 0.300 e. The van der Waals surface area contributed by atoms with Gasteiger partial charge in [0.05, 0.1) is 5.75 Å². The highest BCUT2D eigenvalue weighted by Gasteiger charge is 2.24. The number of ketones is 2. The van der Waals surface area contributed by atoms with Crippen LogP contribution in [0.5, 0.6) is 0 Å². The maximum absolute atomic E-state index is 11.9. The van der Waals surface area contributed by atoms with Crippen molar-refractivity contribution in [1.29, 1.82) is 0 Å². The molecule has 0 aliphatic rings. The summed E-state index contributed by atoms with van der Waals surface area (Å²) in [7, 11) is -4.00. The van der Waals surface area contributed by atoms with E-state index in [2.05, 4.69) is 20.8 Å². The first-order valence-electron chi connectivity index (χ1n) is 9.19. The second-order valence-corrected chi connectivity index (χ2v) is 10.5. The maximum atomic E-state index is 11.9. The number of rotatable bonds is 13. The number of hydrogen-bond donors (Lipinski definition) is 1. The van der Waals surface area contributed by atoms with Crippen molar-refractivity contribution in [3.05, 3.63) is 0 Å². The quantitative estimate of drug-likeness (QED) is 0.475. The topological polar surface area (TPSA) is 88.5 Å². The lowest BCUT2D eigenvalue weighted by Gasteiger charge is -2.22. The third-order valence-electron chi connectivity index (χ3n) is 4.18. The maximum Gasteiger partial charge on any atom is 0.265 e. The van der Waals surface area contributed by atoms with E-state index in [1.807, 2.05) is 0 Å². The third kappa shape index (κ3) is 16.5. The molecule has 0 spiro atoms. The van der Waals surface area contributed by atoms with Gasteiger partial charge in [-0.1, -0.05) is 34.6 Å². The van der Waals surface area contributed by atoms with Gasteiger partial charge in [0, 0.05) is 25.7 Å². The number of carbonyl (C=O) groups is 2. The van der Waals surface area contributed by atoms with Crippen LogP contribution in [0.25, 0.3) is 0 Å². The van der Waals surface area contributed by atoms with Crippen LogP contribution in [0.3, 0.4) is 0 Å². The molecule has 0 aromatic rings. The van der Waals surface area contributed by atoms with E-state index in [0.29, 0.717) is 44.9 Å². The lowest BCUT2D eigenvalue weighted by atomic mass is 9.88. The fraction of sp³-hybridized carbons (Fsp3) is 0.895. The molecule has 0 fully saturated rings. The minimum Gasteiger partial charge on any atom is -0.300 e. The van der Waals surface area contributed by atoms with Gasteiger partial charge in [-0.15, -0.1) is 0 Å². The molecule has 0 saturated heterocycles. The summed E-state index contributed by atoms with van der Waals surface area (Å²) < 4.78 is 30.8. The second kappa shape index (κ2) is 10.4. The summed E-state index contributed by atoms with van der Waals surface area (Å²) in [5.41, 5.74) is -0.295. The Kier molecular flexibility index (Phi) is 10.1. The third-order valence-corrected chi connectivity index (χ3v) is 5.32. The van der Waals surface area contributed by atoms with Crippen LogP contribution < -0.4 is 0 Å². The molecule has 0 aromatic heterocycles. The van der Waals surface area contributed by atoms with E-state index in [1.165, 1.54) is 0 Å². The van der Waals surface area contributed by atoms with E-state index in [-0.39, 0.29) is 22.7 Å². The average molecular weight is 377 g/mol. The molecular formula is C19H36O5S.